The normalized spacial score (nSPS) is 9.71. The second-order valence-electron chi connectivity index (χ2n) is 4.27. The lowest BCUT2D eigenvalue weighted by atomic mass is 10.2. The summed E-state index contributed by atoms with van der Waals surface area (Å²) in [4.78, 5) is 0. The summed E-state index contributed by atoms with van der Waals surface area (Å²) in [5, 5.41) is 0. The van der Waals surface area contributed by atoms with Crippen molar-refractivity contribution >= 4 is 21.8 Å². The second kappa shape index (κ2) is 8.96. The van der Waals surface area contributed by atoms with Gasteiger partial charge in [0.05, 0.1) is 0 Å². The molecule has 0 radical (unpaired) electrons. The molecule has 0 bridgehead atoms. The largest absolute Gasteiger partial charge is 0.399 e. The Bertz CT molecular complexity index is 530. The van der Waals surface area contributed by atoms with Gasteiger partial charge in [0.25, 0.3) is 0 Å². The Morgan fingerprint density at radius 2 is 0.905 bits per heavy atom. The summed E-state index contributed by atoms with van der Waals surface area (Å²) in [6.07, 6.45) is 0. The third-order valence-corrected chi connectivity index (χ3v) is 2.15. The minimum Gasteiger partial charge on any atom is -0.399 e. The van der Waals surface area contributed by atoms with Gasteiger partial charge in [0.2, 0.25) is 0 Å². The first-order chi connectivity index (χ1) is 9.58. The predicted octanol–water partition coefficient (Wildman–Crippen LogP) is 2.50. The molecule has 0 saturated carbocycles. The van der Waals surface area contributed by atoms with Crippen LogP contribution in [0.2, 0.25) is 0 Å². The Morgan fingerprint density at radius 1 is 0.714 bits per heavy atom. The van der Waals surface area contributed by atoms with E-state index in [9.17, 15) is 0 Å². The molecule has 0 aliphatic rings. The molecule has 0 aliphatic carbocycles. The molecule has 0 heterocycles. The van der Waals surface area contributed by atoms with Crippen LogP contribution >= 0.6 is 0 Å². The number of nitrogen functional groups attached to an aromatic ring is 2. The number of hydrogen-bond acceptors (Lipinski definition) is 4. The highest BCUT2D eigenvalue weighted by molar-refractivity contribution is 7.79. The lowest BCUT2D eigenvalue weighted by Gasteiger charge is -1.90. The summed E-state index contributed by atoms with van der Waals surface area (Å²) in [5.41, 5.74) is 15.0. The van der Waals surface area contributed by atoms with Crippen LogP contribution < -0.4 is 11.5 Å². The Morgan fingerprint density at radius 3 is 1.05 bits per heavy atom. The van der Waals surface area contributed by atoms with Crippen molar-refractivity contribution < 1.29 is 17.5 Å². The van der Waals surface area contributed by atoms with E-state index < -0.39 is 10.4 Å². The Kier molecular flexibility index (Phi) is 8.07. The summed E-state index contributed by atoms with van der Waals surface area (Å²) >= 11 is 0. The van der Waals surface area contributed by atoms with Crippen LogP contribution in [0.5, 0.6) is 0 Å². The van der Waals surface area contributed by atoms with Gasteiger partial charge in [0.15, 0.2) is 0 Å². The van der Waals surface area contributed by atoms with Crippen LogP contribution in [-0.4, -0.2) is 17.5 Å². The maximum Gasteiger partial charge on any atom is 0.394 e. The molecule has 6 nitrogen and oxygen atoms in total. The molecule has 2 rings (SSSR count). The first-order valence-electron chi connectivity index (χ1n) is 5.92. The van der Waals surface area contributed by atoms with Gasteiger partial charge in [-0.25, -0.2) is 0 Å². The summed E-state index contributed by atoms with van der Waals surface area (Å²) < 4.78 is 31.6. The number of aryl methyl sites for hydroxylation is 2. The zero-order valence-corrected chi connectivity index (χ0v) is 12.7. The predicted molar refractivity (Wildman–Crippen MR) is 85.4 cm³/mol. The van der Waals surface area contributed by atoms with Gasteiger partial charge in [-0.2, -0.15) is 8.42 Å². The molecule has 7 heteroatoms. The molecule has 0 atom stereocenters. The Hall–Kier alpha value is -2.09. The molecule has 0 aliphatic heterocycles. The molecule has 2 aromatic carbocycles. The SMILES string of the molecule is Cc1ccc(N)cc1.Cc1ccc(N)cc1.O=S(=O)(O)O. The summed E-state index contributed by atoms with van der Waals surface area (Å²) in [5.74, 6) is 0. The number of anilines is 2. The van der Waals surface area contributed by atoms with E-state index in [0.717, 1.165) is 11.4 Å². The average Bonchev–Trinajstić information content (AvgIpc) is 2.35. The van der Waals surface area contributed by atoms with Crippen molar-refractivity contribution in [2.24, 2.45) is 0 Å². The van der Waals surface area contributed by atoms with Crippen molar-refractivity contribution in [1.82, 2.24) is 0 Å². The van der Waals surface area contributed by atoms with Crippen molar-refractivity contribution in [3.05, 3.63) is 59.7 Å². The van der Waals surface area contributed by atoms with Crippen molar-refractivity contribution in [3.63, 3.8) is 0 Å². The third-order valence-electron chi connectivity index (χ3n) is 2.15. The number of nitrogens with two attached hydrogens (primary N) is 2. The smallest absolute Gasteiger partial charge is 0.394 e. The van der Waals surface area contributed by atoms with Gasteiger partial charge in [0, 0.05) is 11.4 Å². The molecular formula is C14H20N2O4S. The standard InChI is InChI=1S/2C7H9N.H2O4S/c2*1-6-2-4-7(8)5-3-6;1-5(2,3)4/h2*2-5H,8H2,1H3;(H2,1,2,3,4). The highest BCUT2D eigenvalue weighted by atomic mass is 32.3. The molecule has 0 saturated heterocycles. The van der Waals surface area contributed by atoms with E-state index in [0.29, 0.717) is 0 Å². The Balaban J connectivity index is 0.000000296. The van der Waals surface area contributed by atoms with Crippen LogP contribution in [-0.2, 0) is 10.4 Å². The summed E-state index contributed by atoms with van der Waals surface area (Å²) in [6.45, 7) is 4.08. The van der Waals surface area contributed by atoms with E-state index in [2.05, 4.69) is 0 Å². The van der Waals surface area contributed by atoms with Crippen molar-refractivity contribution in [2.45, 2.75) is 13.8 Å². The topological polar surface area (TPSA) is 127 Å². The van der Waals surface area contributed by atoms with Crippen molar-refractivity contribution in [2.75, 3.05) is 11.5 Å². The Labute approximate surface area is 125 Å². The fraction of sp³-hybridized carbons (Fsp3) is 0.143. The van der Waals surface area contributed by atoms with Gasteiger partial charge in [-0.1, -0.05) is 35.4 Å². The van der Waals surface area contributed by atoms with Crippen molar-refractivity contribution in [1.29, 1.82) is 0 Å². The molecular weight excluding hydrogens is 292 g/mol. The fourth-order valence-corrected chi connectivity index (χ4v) is 1.13. The summed E-state index contributed by atoms with van der Waals surface area (Å²) in [6, 6.07) is 15.6. The monoisotopic (exact) mass is 312 g/mol. The van der Waals surface area contributed by atoms with Crippen molar-refractivity contribution in [3.8, 4) is 0 Å². The van der Waals surface area contributed by atoms with Gasteiger partial charge >= 0.3 is 10.4 Å². The van der Waals surface area contributed by atoms with Gasteiger partial charge in [0.1, 0.15) is 0 Å². The number of benzene rings is 2. The molecule has 116 valence electrons. The van der Waals surface area contributed by atoms with E-state index in [1.807, 2.05) is 62.4 Å². The van der Waals surface area contributed by atoms with Crippen LogP contribution in [0.4, 0.5) is 11.4 Å². The lowest BCUT2D eigenvalue weighted by molar-refractivity contribution is 0.381. The van der Waals surface area contributed by atoms with E-state index in [1.165, 1.54) is 11.1 Å². The van der Waals surface area contributed by atoms with E-state index in [4.69, 9.17) is 29.0 Å². The number of hydrogen-bond donors (Lipinski definition) is 4. The van der Waals surface area contributed by atoms with Gasteiger partial charge < -0.3 is 11.5 Å². The minimum atomic E-state index is -4.67. The molecule has 0 fully saturated rings. The highest BCUT2D eigenvalue weighted by Crippen LogP contribution is 2.02. The average molecular weight is 312 g/mol. The maximum absolute atomic E-state index is 8.74. The molecule has 6 N–H and O–H groups in total. The minimum absolute atomic E-state index is 0.829. The molecule has 0 amide bonds. The van der Waals surface area contributed by atoms with Gasteiger partial charge in [-0.15, -0.1) is 0 Å². The summed E-state index contributed by atoms with van der Waals surface area (Å²) in [7, 11) is -4.67. The third kappa shape index (κ3) is 14.1. The number of rotatable bonds is 0. The van der Waals surface area contributed by atoms with Gasteiger partial charge in [-0.05, 0) is 38.1 Å². The van der Waals surface area contributed by atoms with Crippen LogP contribution in [0.3, 0.4) is 0 Å². The molecule has 21 heavy (non-hydrogen) atoms. The van der Waals surface area contributed by atoms with E-state index in [-0.39, 0.29) is 0 Å². The first kappa shape index (κ1) is 18.9. The van der Waals surface area contributed by atoms with Crippen LogP contribution in [0, 0.1) is 13.8 Å². The first-order valence-corrected chi connectivity index (χ1v) is 7.32. The maximum atomic E-state index is 8.74. The zero-order valence-electron chi connectivity index (χ0n) is 11.9. The quantitative estimate of drug-likeness (QED) is 0.437. The van der Waals surface area contributed by atoms with E-state index >= 15 is 0 Å². The molecule has 0 unspecified atom stereocenters. The highest BCUT2D eigenvalue weighted by Gasteiger charge is 1.84. The van der Waals surface area contributed by atoms with Crippen LogP contribution in [0.15, 0.2) is 48.5 Å². The van der Waals surface area contributed by atoms with Gasteiger partial charge in [-0.3, -0.25) is 9.11 Å². The van der Waals surface area contributed by atoms with Crippen LogP contribution in [0.1, 0.15) is 11.1 Å². The fourth-order valence-electron chi connectivity index (χ4n) is 1.13. The molecule has 0 spiro atoms. The van der Waals surface area contributed by atoms with Crippen LogP contribution in [0.25, 0.3) is 0 Å². The molecule has 2 aromatic rings. The second-order valence-corrected chi connectivity index (χ2v) is 5.16. The lowest BCUT2D eigenvalue weighted by Crippen LogP contribution is -1.89. The molecule has 0 aromatic heterocycles. The zero-order chi connectivity index (χ0) is 16.5. The van der Waals surface area contributed by atoms with E-state index in [1.54, 1.807) is 0 Å².